The fourth-order valence-corrected chi connectivity index (χ4v) is 3.61. The predicted octanol–water partition coefficient (Wildman–Crippen LogP) is 2.36. The molecule has 2 fully saturated rings. The van der Waals surface area contributed by atoms with Gasteiger partial charge in [-0.25, -0.2) is 0 Å². The van der Waals surface area contributed by atoms with Crippen LogP contribution in [0.25, 0.3) is 0 Å². The highest BCUT2D eigenvalue weighted by atomic mass is 16.5. The van der Waals surface area contributed by atoms with Gasteiger partial charge in [0.2, 0.25) is 5.89 Å². The molecule has 5 nitrogen and oxygen atoms in total. The number of aliphatic hydroxyl groups is 1. The molecule has 5 heteroatoms. The quantitative estimate of drug-likeness (QED) is 0.927. The third-order valence-corrected chi connectivity index (χ3v) is 5.31. The minimum Gasteiger partial charge on any atom is -0.392 e. The second kappa shape index (κ2) is 5.36. The molecule has 0 aromatic carbocycles. The van der Waals surface area contributed by atoms with Gasteiger partial charge in [-0.1, -0.05) is 25.9 Å². The van der Waals surface area contributed by atoms with Crippen molar-refractivity contribution in [3.63, 3.8) is 0 Å². The first-order valence-corrected chi connectivity index (χ1v) is 8.07. The zero-order chi connectivity index (χ0) is 15.2. The molecule has 3 rings (SSSR count). The highest BCUT2D eigenvalue weighted by molar-refractivity contribution is 5.05. The number of aromatic nitrogens is 2. The number of aliphatic hydroxyl groups excluding tert-OH is 1. The highest BCUT2D eigenvalue weighted by Gasteiger charge is 2.40. The van der Waals surface area contributed by atoms with E-state index in [0.29, 0.717) is 30.3 Å². The fourth-order valence-electron chi connectivity index (χ4n) is 3.61. The third-order valence-electron chi connectivity index (χ3n) is 5.31. The highest BCUT2D eigenvalue weighted by Crippen LogP contribution is 2.41. The second-order valence-corrected chi connectivity index (χ2v) is 7.85. The fraction of sp³-hybridized carbons (Fsp3) is 0.875. The predicted molar refractivity (Wildman–Crippen MR) is 80.0 cm³/mol. The summed E-state index contributed by atoms with van der Waals surface area (Å²) >= 11 is 0. The summed E-state index contributed by atoms with van der Waals surface area (Å²) in [6.07, 6.45) is 4.84. The van der Waals surface area contributed by atoms with Crippen molar-refractivity contribution in [3.05, 3.63) is 11.7 Å². The molecule has 2 aliphatic heterocycles. The van der Waals surface area contributed by atoms with E-state index in [1.807, 2.05) is 20.8 Å². The van der Waals surface area contributed by atoms with Crippen molar-refractivity contribution >= 4 is 0 Å². The molecule has 0 aliphatic carbocycles. The first kappa shape index (κ1) is 15.0. The van der Waals surface area contributed by atoms with E-state index >= 15 is 0 Å². The van der Waals surface area contributed by atoms with Gasteiger partial charge < -0.3 is 14.5 Å². The number of rotatable bonds is 3. The largest absolute Gasteiger partial charge is 0.392 e. The molecule has 0 amide bonds. The van der Waals surface area contributed by atoms with Gasteiger partial charge in [-0.2, -0.15) is 4.98 Å². The molecule has 1 aromatic rings. The van der Waals surface area contributed by atoms with E-state index in [2.05, 4.69) is 22.1 Å². The standard InChI is InChI=1S/C16H27N3O2/c1-16(2,3)13(20)9-14-17-15(18-21-14)10-7-11-5-6-12(8-10)19(11)4/h10-13,20H,5-9H2,1-4H3. The Morgan fingerprint density at radius 3 is 2.48 bits per heavy atom. The van der Waals surface area contributed by atoms with Crippen LogP contribution >= 0.6 is 0 Å². The van der Waals surface area contributed by atoms with E-state index in [1.165, 1.54) is 12.8 Å². The number of hydrogen-bond donors (Lipinski definition) is 1. The van der Waals surface area contributed by atoms with Crippen molar-refractivity contribution in [1.82, 2.24) is 15.0 Å². The molecule has 3 atom stereocenters. The van der Waals surface area contributed by atoms with Crippen molar-refractivity contribution in [1.29, 1.82) is 0 Å². The summed E-state index contributed by atoms with van der Waals surface area (Å²) in [4.78, 5) is 7.07. The molecule has 0 saturated carbocycles. The van der Waals surface area contributed by atoms with Crippen LogP contribution in [0.4, 0.5) is 0 Å². The van der Waals surface area contributed by atoms with Gasteiger partial charge in [0.25, 0.3) is 0 Å². The van der Waals surface area contributed by atoms with Gasteiger partial charge in [-0.15, -0.1) is 0 Å². The first-order chi connectivity index (χ1) is 9.84. The minimum atomic E-state index is -0.459. The zero-order valence-corrected chi connectivity index (χ0v) is 13.5. The number of fused-ring (bicyclic) bond motifs is 2. The number of nitrogens with zero attached hydrogens (tertiary/aromatic N) is 3. The van der Waals surface area contributed by atoms with Gasteiger partial charge in [0, 0.05) is 18.0 Å². The van der Waals surface area contributed by atoms with E-state index < -0.39 is 6.10 Å². The summed E-state index contributed by atoms with van der Waals surface area (Å²) < 4.78 is 5.37. The van der Waals surface area contributed by atoms with Gasteiger partial charge >= 0.3 is 0 Å². The second-order valence-electron chi connectivity index (χ2n) is 7.85. The monoisotopic (exact) mass is 293 g/mol. The number of hydrogen-bond acceptors (Lipinski definition) is 5. The van der Waals surface area contributed by atoms with E-state index in [1.54, 1.807) is 0 Å². The van der Waals surface area contributed by atoms with Crippen molar-refractivity contribution in [2.75, 3.05) is 7.05 Å². The average Bonchev–Trinajstić information content (AvgIpc) is 2.91. The van der Waals surface area contributed by atoms with Crippen LogP contribution in [0, 0.1) is 5.41 Å². The van der Waals surface area contributed by atoms with Crippen molar-refractivity contribution in [2.45, 2.75) is 77.0 Å². The van der Waals surface area contributed by atoms with Crippen LogP contribution < -0.4 is 0 Å². The molecule has 2 aliphatic rings. The Hall–Kier alpha value is -0.940. The molecule has 3 heterocycles. The summed E-state index contributed by atoms with van der Waals surface area (Å²) in [6.45, 7) is 6.05. The lowest BCUT2D eigenvalue weighted by Gasteiger charge is -2.34. The van der Waals surface area contributed by atoms with Gasteiger partial charge in [0.1, 0.15) is 0 Å². The summed E-state index contributed by atoms with van der Waals surface area (Å²) in [6, 6.07) is 1.35. The molecule has 0 radical (unpaired) electrons. The summed E-state index contributed by atoms with van der Waals surface area (Å²) in [7, 11) is 2.24. The van der Waals surface area contributed by atoms with Gasteiger partial charge in [0.05, 0.1) is 12.5 Å². The van der Waals surface area contributed by atoms with Crippen molar-refractivity contribution in [2.24, 2.45) is 5.41 Å². The van der Waals surface area contributed by atoms with Crippen LogP contribution in [-0.2, 0) is 6.42 Å². The van der Waals surface area contributed by atoms with Gasteiger partial charge in [-0.3, -0.25) is 0 Å². The summed E-state index contributed by atoms with van der Waals surface area (Å²) in [5, 5.41) is 14.3. The molecule has 3 unspecified atom stereocenters. The van der Waals surface area contributed by atoms with E-state index in [0.717, 1.165) is 18.7 Å². The van der Waals surface area contributed by atoms with Crippen LogP contribution in [0.1, 0.15) is 64.1 Å². The topological polar surface area (TPSA) is 62.4 Å². The van der Waals surface area contributed by atoms with Gasteiger partial charge in [0.15, 0.2) is 5.82 Å². The minimum absolute atomic E-state index is 0.165. The van der Waals surface area contributed by atoms with Crippen LogP contribution in [0.5, 0.6) is 0 Å². The lowest BCUT2D eigenvalue weighted by molar-refractivity contribution is 0.0565. The van der Waals surface area contributed by atoms with Crippen LogP contribution in [0.3, 0.4) is 0 Å². The molecule has 1 N–H and O–H groups in total. The lowest BCUT2D eigenvalue weighted by Crippen LogP contribution is -2.39. The molecular weight excluding hydrogens is 266 g/mol. The smallest absolute Gasteiger partial charge is 0.229 e. The normalized spacial score (nSPS) is 31.6. The molecule has 0 spiro atoms. The molecular formula is C16H27N3O2. The van der Waals surface area contributed by atoms with Gasteiger partial charge in [-0.05, 0) is 38.1 Å². The Morgan fingerprint density at radius 1 is 1.29 bits per heavy atom. The summed E-state index contributed by atoms with van der Waals surface area (Å²) in [5.41, 5.74) is -0.165. The first-order valence-electron chi connectivity index (χ1n) is 8.07. The zero-order valence-electron chi connectivity index (χ0n) is 13.5. The Labute approximate surface area is 126 Å². The lowest BCUT2D eigenvalue weighted by atomic mass is 9.87. The average molecular weight is 293 g/mol. The number of piperidine rings is 1. The maximum atomic E-state index is 10.2. The Bertz CT molecular complexity index is 480. The van der Waals surface area contributed by atoms with Crippen LogP contribution in [0.2, 0.25) is 0 Å². The van der Waals surface area contributed by atoms with E-state index in [-0.39, 0.29) is 5.41 Å². The summed E-state index contributed by atoms with van der Waals surface area (Å²) in [5.74, 6) is 1.83. The molecule has 1 aromatic heterocycles. The SMILES string of the molecule is CN1C2CCC1CC(c1noc(CC(O)C(C)(C)C)n1)C2. The Morgan fingerprint density at radius 2 is 1.90 bits per heavy atom. The maximum absolute atomic E-state index is 10.2. The van der Waals surface area contributed by atoms with Crippen molar-refractivity contribution < 1.29 is 9.63 Å². The molecule has 21 heavy (non-hydrogen) atoms. The van der Waals surface area contributed by atoms with Crippen LogP contribution in [-0.4, -0.2) is 45.4 Å². The molecule has 2 bridgehead atoms. The Balaban J connectivity index is 1.66. The third kappa shape index (κ3) is 2.99. The van der Waals surface area contributed by atoms with Crippen LogP contribution in [0.15, 0.2) is 4.52 Å². The molecule has 118 valence electrons. The molecule has 2 saturated heterocycles. The van der Waals surface area contributed by atoms with E-state index in [9.17, 15) is 5.11 Å². The Kier molecular flexibility index (Phi) is 3.82. The maximum Gasteiger partial charge on any atom is 0.229 e. The van der Waals surface area contributed by atoms with E-state index in [4.69, 9.17) is 4.52 Å². The van der Waals surface area contributed by atoms with Crippen molar-refractivity contribution in [3.8, 4) is 0 Å².